The van der Waals surface area contributed by atoms with Crippen molar-refractivity contribution in [2.75, 3.05) is 5.32 Å². The Labute approximate surface area is 121 Å². The third kappa shape index (κ3) is 2.94. The first-order chi connectivity index (χ1) is 9.98. The molecule has 21 heavy (non-hydrogen) atoms. The van der Waals surface area contributed by atoms with Crippen LogP contribution >= 0.6 is 0 Å². The first-order valence-corrected chi connectivity index (χ1v) is 6.69. The van der Waals surface area contributed by atoms with Crippen molar-refractivity contribution in [1.29, 1.82) is 5.26 Å². The second kappa shape index (κ2) is 5.79. The Kier molecular flexibility index (Phi) is 4.08. The summed E-state index contributed by atoms with van der Waals surface area (Å²) in [6.45, 7) is 0. The number of anilines is 1. The van der Waals surface area contributed by atoms with Gasteiger partial charge in [0.1, 0.15) is 11.2 Å². The van der Waals surface area contributed by atoms with Gasteiger partial charge in [-0.05, 0) is 25.0 Å². The molecular formula is C14H15N3O4. The lowest BCUT2D eigenvalue weighted by Crippen LogP contribution is -2.48. The molecule has 1 aliphatic carbocycles. The average molecular weight is 289 g/mol. The van der Waals surface area contributed by atoms with Crippen LogP contribution in [-0.2, 0) is 4.79 Å². The highest BCUT2D eigenvalue weighted by molar-refractivity contribution is 5.84. The van der Waals surface area contributed by atoms with Crippen molar-refractivity contribution in [3.8, 4) is 6.07 Å². The molecule has 1 saturated carbocycles. The molecule has 2 rings (SSSR count). The lowest BCUT2D eigenvalue weighted by atomic mass is 9.81. The molecular weight excluding hydrogens is 274 g/mol. The highest BCUT2D eigenvalue weighted by atomic mass is 16.6. The number of carboxylic acid groups (broad SMARTS) is 1. The molecule has 0 aromatic heterocycles. The van der Waals surface area contributed by atoms with E-state index in [9.17, 15) is 20.0 Å². The third-order valence-corrected chi connectivity index (χ3v) is 3.81. The quantitative estimate of drug-likeness (QED) is 0.650. The van der Waals surface area contributed by atoms with Crippen molar-refractivity contribution in [2.24, 2.45) is 0 Å². The largest absolute Gasteiger partial charge is 0.480 e. The van der Waals surface area contributed by atoms with E-state index in [0.29, 0.717) is 12.8 Å². The SMILES string of the molecule is N#Cc1ccc(NC2(C(=O)O)CCCCC2)c([N+](=O)[O-])c1. The molecule has 1 aromatic carbocycles. The summed E-state index contributed by atoms with van der Waals surface area (Å²) in [5, 5.41) is 32.3. The zero-order valence-electron chi connectivity index (χ0n) is 11.3. The summed E-state index contributed by atoms with van der Waals surface area (Å²) in [4.78, 5) is 22.1. The van der Waals surface area contributed by atoms with Gasteiger partial charge in [0.25, 0.3) is 5.69 Å². The number of carbonyl (C=O) groups is 1. The first kappa shape index (κ1) is 14.8. The monoisotopic (exact) mass is 289 g/mol. The lowest BCUT2D eigenvalue weighted by Gasteiger charge is -2.34. The number of nitrogens with zero attached hydrogens (tertiary/aromatic N) is 2. The normalized spacial score (nSPS) is 16.7. The maximum Gasteiger partial charge on any atom is 0.329 e. The fourth-order valence-corrected chi connectivity index (χ4v) is 2.66. The Morgan fingerprint density at radius 2 is 2.05 bits per heavy atom. The van der Waals surface area contributed by atoms with Gasteiger partial charge in [0.05, 0.1) is 16.6 Å². The van der Waals surface area contributed by atoms with Crippen molar-refractivity contribution in [1.82, 2.24) is 0 Å². The number of nitrogens with one attached hydrogen (secondary N) is 1. The molecule has 2 N–H and O–H groups in total. The Balaban J connectivity index is 2.39. The van der Waals surface area contributed by atoms with Crippen LogP contribution in [0.4, 0.5) is 11.4 Å². The highest BCUT2D eigenvalue weighted by Gasteiger charge is 2.40. The first-order valence-electron chi connectivity index (χ1n) is 6.69. The molecule has 0 aliphatic heterocycles. The fourth-order valence-electron chi connectivity index (χ4n) is 2.66. The van der Waals surface area contributed by atoms with Gasteiger partial charge in [0, 0.05) is 6.07 Å². The number of nitro benzene ring substituents is 1. The van der Waals surface area contributed by atoms with Crippen molar-refractivity contribution in [3.05, 3.63) is 33.9 Å². The van der Waals surface area contributed by atoms with Crippen molar-refractivity contribution < 1.29 is 14.8 Å². The van der Waals surface area contributed by atoms with Gasteiger partial charge in [-0.2, -0.15) is 5.26 Å². The van der Waals surface area contributed by atoms with Crippen LogP contribution in [0.5, 0.6) is 0 Å². The number of aliphatic carboxylic acids is 1. The van der Waals surface area contributed by atoms with E-state index < -0.39 is 16.4 Å². The van der Waals surface area contributed by atoms with Crippen LogP contribution in [0.25, 0.3) is 0 Å². The van der Waals surface area contributed by atoms with E-state index in [1.807, 2.05) is 6.07 Å². The Morgan fingerprint density at radius 3 is 2.57 bits per heavy atom. The fraction of sp³-hybridized carbons (Fsp3) is 0.429. The summed E-state index contributed by atoms with van der Waals surface area (Å²) in [5.74, 6) is -0.999. The lowest BCUT2D eigenvalue weighted by molar-refractivity contribution is -0.384. The van der Waals surface area contributed by atoms with Crippen molar-refractivity contribution >= 4 is 17.3 Å². The number of benzene rings is 1. The maximum atomic E-state index is 11.6. The van der Waals surface area contributed by atoms with Crippen molar-refractivity contribution in [2.45, 2.75) is 37.6 Å². The maximum absolute atomic E-state index is 11.6. The Hall–Kier alpha value is -2.62. The van der Waals surface area contributed by atoms with E-state index in [4.69, 9.17) is 5.26 Å². The predicted octanol–water partition coefficient (Wildman–Crippen LogP) is 2.67. The zero-order valence-corrected chi connectivity index (χ0v) is 11.3. The second-order valence-electron chi connectivity index (χ2n) is 5.17. The number of nitriles is 1. The summed E-state index contributed by atoms with van der Waals surface area (Å²) in [7, 11) is 0. The number of hydrogen-bond acceptors (Lipinski definition) is 5. The molecule has 1 aromatic rings. The van der Waals surface area contributed by atoms with Crippen LogP contribution < -0.4 is 5.32 Å². The van der Waals surface area contributed by atoms with E-state index in [1.165, 1.54) is 12.1 Å². The number of carboxylic acids is 1. The number of hydrogen-bond donors (Lipinski definition) is 2. The minimum absolute atomic E-state index is 0.142. The molecule has 0 saturated heterocycles. The molecule has 0 atom stereocenters. The molecule has 7 nitrogen and oxygen atoms in total. The number of rotatable bonds is 4. The van der Waals surface area contributed by atoms with Gasteiger partial charge >= 0.3 is 5.97 Å². The Bertz CT molecular complexity index is 615. The van der Waals surface area contributed by atoms with Gasteiger partial charge in [0.2, 0.25) is 0 Å². The molecule has 1 aliphatic rings. The van der Waals surface area contributed by atoms with E-state index >= 15 is 0 Å². The van der Waals surface area contributed by atoms with E-state index in [-0.39, 0.29) is 16.9 Å². The van der Waals surface area contributed by atoms with Crippen LogP contribution in [0.15, 0.2) is 18.2 Å². The average Bonchev–Trinajstić information content (AvgIpc) is 2.48. The third-order valence-electron chi connectivity index (χ3n) is 3.81. The minimum atomic E-state index is -1.17. The minimum Gasteiger partial charge on any atom is -0.480 e. The summed E-state index contributed by atoms with van der Waals surface area (Å²) >= 11 is 0. The molecule has 0 spiro atoms. The molecule has 0 unspecified atom stereocenters. The summed E-state index contributed by atoms with van der Waals surface area (Å²) in [6.07, 6.45) is 3.36. The molecule has 1 fully saturated rings. The van der Waals surface area contributed by atoms with Crippen LogP contribution in [0, 0.1) is 21.4 Å². The van der Waals surface area contributed by atoms with Crippen molar-refractivity contribution in [3.63, 3.8) is 0 Å². The zero-order chi connectivity index (χ0) is 15.5. The van der Waals surface area contributed by atoms with Gasteiger partial charge in [-0.15, -0.1) is 0 Å². The smallest absolute Gasteiger partial charge is 0.329 e. The number of nitro groups is 1. The van der Waals surface area contributed by atoms with Gasteiger partial charge in [-0.3, -0.25) is 10.1 Å². The molecule has 7 heteroatoms. The van der Waals surface area contributed by atoms with E-state index in [2.05, 4.69) is 5.32 Å². The molecule has 0 heterocycles. The summed E-state index contributed by atoms with van der Waals surface area (Å²) in [6, 6.07) is 5.83. The standard InChI is InChI=1S/C14H15N3O4/c15-9-10-4-5-11(12(8-10)17(20)21)16-14(13(18)19)6-2-1-3-7-14/h4-5,8,16H,1-3,6-7H2,(H,18,19). The summed E-state index contributed by atoms with van der Waals surface area (Å²) < 4.78 is 0. The summed E-state index contributed by atoms with van der Waals surface area (Å²) in [5.41, 5.74) is -1.14. The topological polar surface area (TPSA) is 116 Å². The van der Waals surface area contributed by atoms with Crippen LogP contribution in [0.1, 0.15) is 37.7 Å². The molecule has 0 radical (unpaired) electrons. The second-order valence-corrected chi connectivity index (χ2v) is 5.17. The molecule has 0 bridgehead atoms. The van der Waals surface area contributed by atoms with Gasteiger partial charge in [-0.25, -0.2) is 4.79 Å². The predicted molar refractivity (Wildman–Crippen MR) is 74.9 cm³/mol. The van der Waals surface area contributed by atoms with E-state index in [0.717, 1.165) is 25.3 Å². The van der Waals surface area contributed by atoms with Gasteiger partial charge in [-0.1, -0.05) is 19.3 Å². The van der Waals surface area contributed by atoms with E-state index in [1.54, 1.807) is 0 Å². The van der Waals surface area contributed by atoms with Gasteiger partial charge < -0.3 is 10.4 Å². The highest BCUT2D eigenvalue weighted by Crippen LogP contribution is 2.35. The van der Waals surface area contributed by atoms with Gasteiger partial charge in [0.15, 0.2) is 0 Å². The Morgan fingerprint density at radius 1 is 1.38 bits per heavy atom. The molecule has 110 valence electrons. The van der Waals surface area contributed by atoms with Crippen LogP contribution in [0.3, 0.4) is 0 Å². The van der Waals surface area contributed by atoms with Crippen LogP contribution in [-0.4, -0.2) is 21.5 Å². The molecule has 0 amide bonds. The van der Waals surface area contributed by atoms with Crippen LogP contribution in [0.2, 0.25) is 0 Å².